The number of aromatic nitrogens is 1. The van der Waals surface area contributed by atoms with Gasteiger partial charge in [0.15, 0.2) is 0 Å². The smallest absolute Gasteiger partial charge is 0.237 e. The number of ether oxygens (including phenoxy) is 1. The van der Waals surface area contributed by atoms with Crippen molar-refractivity contribution in [2.24, 2.45) is 0 Å². The van der Waals surface area contributed by atoms with Crippen molar-refractivity contribution in [1.29, 1.82) is 5.26 Å². The monoisotopic (exact) mass is 425 g/mol. The molecule has 4 rings (SSSR count). The van der Waals surface area contributed by atoms with Crippen LogP contribution in [0.4, 0.5) is 10.1 Å². The van der Waals surface area contributed by atoms with Crippen molar-refractivity contribution >= 4 is 22.5 Å². The second kappa shape index (κ2) is 9.06. The van der Waals surface area contributed by atoms with Gasteiger partial charge in [-0.15, -0.1) is 0 Å². The Labute approximate surface area is 182 Å². The molecule has 2 aromatic rings. The number of amides is 1. The molecule has 2 atom stereocenters. The van der Waals surface area contributed by atoms with E-state index in [1.807, 2.05) is 30.5 Å². The third-order valence-corrected chi connectivity index (χ3v) is 6.47. The fourth-order valence-electron chi connectivity index (χ4n) is 4.55. The summed E-state index contributed by atoms with van der Waals surface area (Å²) in [5.74, 6) is 0.646. The van der Waals surface area contributed by atoms with Gasteiger partial charge in [0, 0.05) is 44.1 Å². The summed E-state index contributed by atoms with van der Waals surface area (Å²) in [6.45, 7) is 1.88. The minimum atomic E-state index is -1.09. The van der Waals surface area contributed by atoms with E-state index in [0.29, 0.717) is 6.04 Å². The molecule has 2 aliphatic heterocycles. The van der Waals surface area contributed by atoms with Gasteiger partial charge in [-0.2, -0.15) is 5.26 Å². The number of carbonyl (C=O) groups excluding carboxylic acids is 1. The van der Waals surface area contributed by atoms with Crippen LogP contribution in [0.3, 0.4) is 0 Å². The number of pyridine rings is 1. The molecule has 1 unspecified atom stereocenters. The number of nitrogens with zero attached hydrogens (tertiary/aromatic N) is 5. The average Bonchev–Trinajstić information content (AvgIpc) is 3.19. The van der Waals surface area contributed by atoms with Crippen LogP contribution in [0.2, 0.25) is 0 Å². The third kappa shape index (κ3) is 4.57. The van der Waals surface area contributed by atoms with Crippen LogP contribution in [-0.4, -0.2) is 79.3 Å². The van der Waals surface area contributed by atoms with E-state index in [2.05, 4.69) is 27.9 Å². The summed E-state index contributed by atoms with van der Waals surface area (Å²) in [4.78, 5) is 22.9. The highest BCUT2D eigenvalue weighted by Gasteiger charge is 2.36. The zero-order valence-corrected chi connectivity index (χ0v) is 18.0. The Bertz CT molecular complexity index is 986. The molecule has 1 aromatic carbocycles. The summed E-state index contributed by atoms with van der Waals surface area (Å²) < 4.78 is 18.9. The molecule has 7 nitrogen and oxygen atoms in total. The summed E-state index contributed by atoms with van der Waals surface area (Å²) in [6, 6.07) is 9.79. The number of alkyl halides is 1. The summed E-state index contributed by atoms with van der Waals surface area (Å²) >= 11 is 0. The zero-order chi connectivity index (χ0) is 22.0. The highest BCUT2D eigenvalue weighted by Crippen LogP contribution is 2.27. The van der Waals surface area contributed by atoms with Gasteiger partial charge in [-0.05, 0) is 31.0 Å². The number of rotatable bonds is 5. The summed E-state index contributed by atoms with van der Waals surface area (Å²) in [5.41, 5.74) is 1.97. The number of nitriles is 1. The number of anilines is 1. The van der Waals surface area contributed by atoms with Crippen LogP contribution in [-0.2, 0) is 4.79 Å². The van der Waals surface area contributed by atoms with E-state index in [1.165, 1.54) is 4.90 Å². The van der Waals surface area contributed by atoms with Gasteiger partial charge in [0.2, 0.25) is 5.91 Å². The maximum Gasteiger partial charge on any atom is 0.237 e. The van der Waals surface area contributed by atoms with Gasteiger partial charge in [0.25, 0.3) is 0 Å². The Morgan fingerprint density at radius 3 is 2.84 bits per heavy atom. The minimum Gasteiger partial charge on any atom is -0.497 e. The SMILES string of the molecule is COc1ccc2cc(N(C)C3CCN(CC(=O)N4C[C@@H](F)CC4C#N)CC3)cnc2c1. The van der Waals surface area contributed by atoms with E-state index >= 15 is 0 Å². The molecule has 0 aliphatic carbocycles. The molecule has 0 spiro atoms. The Balaban J connectivity index is 1.33. The Hall–Kier alpha value is -2.92. The lowest BCUT2D eigenvalue weighted by Gasteiger charge is -2.38. The number of fused-ring (bicyclic) bond motifs is 1. The van der Waals surface area contributed by atoms with Crippen molar-refractivity contribution < 1.29 is 13.9 Å². The lowest BCUT2D eigenvalue weighted by molar-refractivity contribution is -0.132. The van der Waals surface area contributed by atoms with Gasteiger partial charge >= 0.3 is 0 Å². The highest BCUT2D eigenvalue weighted by molar-refractivity contribution is 5.83. The van der Waals surface area contributed by atoms with Crippen molar-refractivity contribution in [2.75, 3.05) is 45.2 Å². The molecule has 164 valence electrons. The number of methoxy groups -OCH3 is 1. The lowest BCUT2D eigenvalue weighted by Crippen LogP contribution is -2.48. The van der Waals surface area contributed by atoms with Crippen LogP contribution >= 0.6 is 0 Å². The van der Waals surface area contributed by atoms with E-state index in [0.717, 1.165) is 48.3 Å². The molecule has 8 heteroatoms. The molecular weight excluding hydrogens is 397 g/mol. The fourth-order valence-corrected chi connectivity index (χ4v) is 4.55. The van der Waals surface area contributed by atoms with E-state index in [-0.39, 0.29) is 25.4 Å². The van der Waals surface area contributed by atoms with E-state index < -0.39 is 12.2 Å². The molecule has 2 saturated heterocycles. The van der Waals surface area contributed by atoms with Crippen molar-refractivity contribution in [3.05, 3.63) is 30.5 Å². The zero-order valence-electron chi connectivity index (χ0n) is 18.0. The molecule has 1 aromatic heterocycles. The molecule has 3 heterocycles. The van der Waals surface area contributed by atoms with Gasteiger partial charge in [-0.1, -0.05) is 0 Å². The van der Waals surface area contributed by atoms with Crippen LogP contribution < -0.4 is 9.64 Å². The predicted molar refractivity (Wildman–Crippen MR) is 117 cm³/mol. The molecule has 0 bridgehead atoms. The van der Waals surface area contributed by atoms with Crippen molar-refractivity contribution in [1.82, 2.24) is 14.8 Å². The molecule has 2 aliphatic rings. The van der Waals surface area contributed by atoms with Crippen molar-refractivity contribution in [3.8, 4) is 11.8 Å². The average molecular weight is 426 g/mol. The van der Waals surface area contributed by atoms with E-state index in [1.54, 1.807) is 7.11 Å². The van der Waals surface area contributed by atoms with Gasteiger partial charge in [0.05, 0.1) is 43.7 Å². The number of carbonyl (C=O) groups is 1. The van der Waals surface area contributed by atoms with Crippen molar-refractivity contribution in [2.45, 2.75) is 37.5 Å². The van der Waals surface area contributed by atoms with Crippen LogP contribution in [0.5, 0.6) is 5.75 Å². The number of piperidine rings is 1. The van der Waals surface area contributed by atoms with E-state index in [9.17, 15) is 9.18 Å². The molecule has 2 fully saturated rings. The number of likely N-dealkylation sites (tertiary alicyclic amines) is 2. The fraction of sp³-hybridized carbons (Fsp3) is 0.522. The van der Waals surface area contributed by atoms with E-state index in [4.69, 9.17) is 10.00 Å². The van der Waals surface area contributed by atoms with Crippen LogP contribution in [0.25, 0.3) is 10.9 Å². The quantitative estimate of drug-likeness (QED) is 0.733. The van der Waals surface area contributed by atoms with Gasteiger partial charge < -0.3 is 14.5 Å². The third-order valence-electron chi connectivity index (χ3n) is 6.47. The van der Waals surface area contributed by atoms with Crippen LogP contribution in [0.1, 0.15) is 19.3 Å². The number of benzene rings is 1. The molecule has 0 N–H and O–H groups in total. The first-order chi connectivity index (χ1) is 15.0. The molecule has 1 amide bonds. The standard InChI is InChI=1S/C23H28FN5O2/c1-27(20-9-16-3-4-21(31-2)11-22(16)26-13-20)18-5-7-28(8-6-18)15-23(30)29-14-17(24)10-19(29)12-25/h3-4,9,11,13,17-19H,5-8,10,14-15H2,1-2H3/t17-,19?/m0/s1. The largest absolute Gasteiger partial charge is 0.497 e. The number of hydrogen-bond acceptors (Lipinski definition) is 6. The summed E-state index contributed by atoms with van der Waals surface area (Å²) in [5, 5.41) is 10.2. The second-order valence-electron chi connectivity index (χ2n) is 8.39. The Morgan fingerprint density at radius 2 is 2.13 bits per heavy atom. The second-order valence-corrected chi connectivity index (χ2v) is 8.39. The molecule has 31 heavy (non-hydrogen) atoms. The van der Waals surface area contributed by atoms with Gasteiger partial charge in [0.1, 0.15) is 18.0 Å². The first kappa shape index (κ1) is 21.3. The highest BCUT2D eigenvalue weighted by atomic mass is 19.1. The number of hydrogen-bond donors (Lipinski definition) is 0. The lowest BCUT2D eigenvalue weighted by atomic mass is 10.0. The maximum absolute atomic E-state index is 13.6. The van der Waals surface area contributed by atoms with Crippen LogP contribution in [0.15, 0.2) is 30.5 Å². The normalized spacial score (nSPS) is 22.5. The molecule has 0 saturated carbocycles. The van der Waals surface area contributed by atoms with Crippen LogP contribution in [0, 0.1) is 11.3 Å². The molecular formula is C23H28FN5O2. The summed E-state index contributed by atoms with van der Waals surface area (Å²) in [6.07, 6.45) is 2.78. The minimum absolute atomic E-state index is 0.0388. The van der Waals surface area contributed by atoms with Crippen molar-refractivity contribution in [3.63, 3.8) is 0 Å². The first-order valence-electron chi connectivity index (χ1n) is 10.7. The molecule has 0 radical (unpaired) electrons. The van der Waals surface area contributed by atoms with Gasteiger partial charge in [-0.25, -0.2) is 4.39 Å². The maximum atomic E-state index is 13.6. The predicted octanol–water partition coefficient (Wildman–Crippen LogP) is 2.61. The Morgan fingerprint density at radius 1 is 1.35 bits per heavy atom. The van der Waals surface area contributed by atoms with Gasteiger partial charge in [-0.3, -0.25) is 14.7 Å². The number of halogens is 1. The summed E-state index contributed by atoms with van der Waals surface area (Å²) in [7, 11) is 3.73. The topological polar surface area (TPSA) is 72.7 Å². The first-order valence-corrected chi connectivity index (χ1v) is 10.7. The Kier molecular flexibility index (Phi) is 6.23.